The number of fused-ring (bicyclic) bond motifs is 1. The molecule has 0 amide bonds. The maximum Gasteiger partial charge on any atom is 0.416 e. The van der Waals surface area contributed by atoms with Crippen LogP contribution in [0.4, 0.5) is 13.2 Å². The smallest absolute Gasteiger partial charge is 0.374 e. The van der Waals surface area contributed by atoms with E-state index in [0.29, 0.717) is 23.4 Å². The monoisotopic (exact) mass is 391 g/mol. The molecule has 1 aromatic rings. The molecule has 7 heteroatoms. The number of aliphatic hydroxyl groups is 1. The van der Waals surface area contributed by atoms with Gasteiger partial charge in [0, 0.05) is 24.0 Å². The molecule has 1 heterocycles. The predicted molar refractivity (Wildman–Crippen MR) is 97.8 cm³/mol. The number of allylic oxidation sites excluding steroid dienone is 2. The summed E-state index contributed by atoms with van der Waals surface area (Å²) in [7, 11) is 0. The number of rotatable bonds is 3. The Bertz CT molecular complexity index is 919. The van der Waals surface area contributed by atoms with Crippen molar-refractivity contribution in [2.45, 2.75) is 32.5 Å². The van der Waals surface area contributed by atoms with Crippen molar-refractivity contribution < 1.29 is 27.9 Å². The number of Topliss-reactive ketones (excluding diaryl/α,β-unsaturated/α-hetero) is 1. The van der Waals surface area contributed by atoms with E-state index in [1.165, 1.54) is 18.2 Å². The molecule has 148 valence electrons. The third kappa shape index (κ3) is 3.54. The lowest BCUT2D eigenvalue weighted by atomic mass is 9.79. The Labute approximate surface area is 160 Å². The molecule has 0 bridgehead atoms. The summed E-state index contributed by atoms with van der Waals surface area (Å²) < 4.78 is 38.5. The molecule has 1 atom stereocenters. The van der Waals surface area contributed by atoms with E-state index in [1.54, 1.807) is 17.2 Å². The molecule has 0 saturated heterocycles. The topological polar surface area (TPSA) is 57.6 Å². The summed E-state index contributed by atoms with van der Waals surface area (Å²) in [5.41, 5.74) is -1.20. The summed E-state index contributed by atoms with van der Waals surface area (Å²) in [6.07, 6.45) is -0.0715. The van der Waals surface area contributed by atoms with Gasteiger partial charge in [0.25, 0.3) is 0 Å². The molecule has 0 radical (unpaired) electrons. The van der Waals surface area contributed by atoms with Crippen LogP contribution in [-0.4, -0.2) is 33.7 Å². The number of nitrogens with zero attached hydrogens (tertiary/aromatic N) is 1. The van der Waals surface area contributed by atoms with Crippen molar-refractivity contribution in [1.29, 1.82) is 0 Å². The van der Waals surface area contributed by atoms with Crippen LogP contribution in [0, 0.1) is 5.92 Å². The Hall–Kier alpha value is -2.67. The zero-order valence-corrected chi connectivity index (χ0v) is 15.7. The Morgan fingerprint density at radius 2 is 1.71 bits per heavy atom. The van der Waals surface area contributed by atoms with Crippen LogP contribution in [0.3, 0.4) is 0 Å². The zero-order chi connectivity index (χ0) is 20.9. The second-order valence-corrected chi connectivity index (χ2v) is 7.56. The Balaban J connectivity index is 2.08. The molecule has 0 aromatic heterocycles. The minimum absolute atomic E-state index is 0.195. The van der Waals surface area contributed by atoms with Gasteiger partial charge in [0.1, 0.15) is 0 Å². The number of ketones is 2. The third-order valence-corrected chi connectivity index (χ3v) is 4.72. The molecule has 28 heavy (non-hydrogen) atoms. The number of benzene rings is 1. The van der Waals surface area contributed by atoms with Crippen molar-refractivity contribution in [1.82, 2.24) is 4.90 Å². The van der Waals surface area contributed by atoms with E-state index in [9.17, 15) is 27.9 Å². The van der Waals surface area contributed by atoms with Crippen molar-refractivity contribution in [3.8, 4) is 0 Å². The van der Waals surface area contributed by atoms with Crippen LogP contribution in [0.25, 0.3) is 5.70 Å². The van der Waals surface area contributed by atoms with E-state index >= 15 is 0 Å². The highest BCUT2D eigenvalue weighted by Crippen LogP contribution is 2.37. The minimum Gasteiger partial charge on any atom is -0.374 e. The fraction of sp³-hybridized carbons (Fsp3) is 0.333. The largest absolute Gasteiger partial charge is 0.416 e. The molecular formula is C21H20F3NO3. The van der Waals surface area contributed by atoms with Gasteiger partial charge in [-0.25, -0.2) is 0 Å². The normalized spacial score (nSPS) is 22.7. The predicted octanol–water partition coefficient (Wildman–Crippen LogP) is 3.73. The molecule has 0 fully saturated rings. The van der Waals surface area contributed by atoms with Crippen LogP contribution in [0.1, 0.15) is 31.9 Å². The van der Waals surface area contributed by atoms with Gasteiger partial charge in [-0.1, -0.05) is 26.0 Å². The lowest BCUT2D eigenvalue weighted by Gasteiger charge is -2.34. The van der Waals surface area contributed by atoms with Crippen LogP contribution >= 0.6 is 0 Å². The lowest BCUT2D eigenvalue weighted by molar-refractivity contribution is -0.144. The molecule has 1 aliphatic carbocycles. The Kier molecular flexibility index (Phi) is 4.83. The van der Waals surface area contributed by atoms with E-state index in [4.69, 9.17) is 0 Å². The van der Waals surface area contributed by atoms with Crippen LogP contribution in [0.15, 0.2) is 53.8 Å². The van der Waals surface area contributed by atoms with Gasteiger partial charge >= 0.3 is 6.18 Å². The van der Waals surface area contributed by atoms with E-state index in [2.05, 4.69) is 0 Å². The molecule has 2 aliphatic rings. The Morgan fingerprint density at radius 3 is 2.25 bits per heavy atom. The van der Waals surface area contributed by atoms with Crippen LogP contribution in [-0.2, 0) is 15.8 Å². The van der Waals surface area contributed by atoms with Gasteiger partial charge in [-0.2, -0.15) is 13.2 Å². The minimum atomic E-state index is -4.43. The maximum absolute atomic E-state index is 12.8. The van der Waals surface area contributed by atoms with Crippen LogP contribution in [0.5, 0.6) is 0 Å². The second-order valence-electron chi connectivity index (χ2n) is 7.56. The Morgan fingerprint density at radius 1 is 1.11 bits per heavy atom. The van der Waals surface area contributed by atoms with Crippen molar-refractivity contribution >= 4 is 17.3 Å². The molecule has 0 saturated carbocycles. The molecule has 1 N–H and O–H groups in total. The highest BCUT2D eigenvalue weighted by Gasteiger charge is 2.44. The number of hydrogen-bond donors (Lipinski definition) is 1. The van der Waals surface area contributed by atoms with E-state index in [0.717, 1.165) is 19.1 Å². The van der Waals surface area contributed by atoms with E-state index < -0.39 is 28.9 Å². The van der Waals surface area contributed by atoms with Gasteiger partial charge in [-0.05, 0) is 48.3 Å². The number of hydrogen-bond acceptors (Lipinski definition) is 4. The van der Waals surface area contributed by atoms with Crippen molar-refractivity contribution in [2.24, 2.45) is 5.92 Å². The second kappa shape index (κ2) is 6.74. The summed E-state index contributed by atoms with van der Waals surface area (Å²) in [5.74, 6) is -1.21. The van der Waals surface area contributed by atoms with E-state index in [1.807, 2.05) is 13.8 Å². The maximum atomic E-state index is 12.8. The SMILES string of the molecule is CC(C)CN1C=C2C(=O)C(C)(O)C(=O)C=C2C=C1c1ccc(C(F)(F)F)cc1. The van der Waals surface area contributed by atoms with Gasteiger partial charge in [0.2, 0.25) is 5.78 Å². The first-order valence-electron chi connectivity index (χ1n) is 8.82. The van der Waals surface area contributed by atoms with Crippen molar-refractivity contribution in [3.05, 3.63) is 64.9 Å². The first-order chi connectivity index (χ1) is 12.9. The summed E-state index contributed by atoms with van der Waals surface area (Å²) in [5, 5.41) is 10.2. The molecule has 0 spiro atoms. The summed E-state index contributed by atoms with van der Waals surface area (Å²) >= 11 is 0. The molecule has 3 rings (SSSR count). The van der Waals surface area contributed by atoms with Crippen molar-refractivity contribution in [3.63, 3.8) is 0 Å². The van der Waals surface area contributed by atoms with Crippen molar-refractivity contribution in [2.75, 3.05) is 6.54 Å². The number of halogens is 3. The highest BCUT2D eigenvalue weighted by molar-refractivity contribution is 6.25. The zero-order valence-electron chi connectivity index (χ0n) is 15.7. The standard InChI is InChI=1S/C21H20F3NO3/c1-12(2)10-25-11-16-14(9-18(26)20(3,28)19(16)27)8-17(25)13-4-6-15(7-5-13)21(22,23)24/h4-9,11-12,28H,10H2,1-3H3. The molecule has 4 nitrogen and oxygen atoms in total. The first kappa shape index (κ1) is 20.1. The van der Waals surface area contributed by atoms with Gasteiger partial charge < -0.3 is 10.0 Å². The number of alkyl halides is 3. The summed E-state index contributed by atoms with van der Waals surface area (Å²) in [6.45, 7) is 5.61. The summed E-state index contributed by atoms with van der Waals surface area (Å²) in [4.78, 5) is 26.4. The average Bonchev–Trinajstić information content (AvgIpc) is 2.59. The van der Waals surface area contributed by atoms with E-state index in [-0.39, 0.29) is 11.5 Å². The molecule has 1 unspecified atom stereocenters. The average molecular weight is 391 g/mol. The fourth-order valence-electron chi connectivity index (χ4n) is 3.20. The van der Waals surface area contributed by atoms with Crippen LogP contribution in [0.2, 0.25) is 0 Å². The summed E-state index contributed by atoms with van der Waals surface area (Å²) in [6, 6.07) is 4.73. The van der Waals surface area contributed by atoms with Gasteiger partial charge in [-0.3, -0.25) is 9.59 Å². The van der Waals surface area contributed by atoms with Gasteiger partial charge in [-0.15, -0.1) is 0 Å². The third-order valence-electron chi connectivity index (χ3n) is 4.72. The molecular weight excluding hydrogens is 371 g/mol. The first-order valence-corrected chi connectivity index (χ1v) is 8.82. The van der Waals surface area contributed by atoms with Gasteiger partial charge in [0.15, 0.2) is 11.4 Å². The number of carbonyl (C=O) groups excluding carboxylic acids is 2. The lowest BCUT2D eigenvalue weighted by Crippen LogP contribution is -2.47. The fourth-order valence-corrected chi connectivity index (χ4v) is 3.20. The van der Waals surface area contributed by atoms with Gasteiger partial charge in [0.05, 0.1) is 5.56 Å². The van der Waals surface area contributed by atoms with Crippen LogP contribution < -0.4 is 0 Å². The highest BCUT2D eigenvalue weighted by atomic mass is 19.4. The molecule has 1 aliphatic heterocycles. The molecule has 1 aromatic carbocycles. The number of carbonyl (C=O) groups is 2. The quantitative estimate of drug-likeness (QED) is 0.798.